The maximum atomic E-state index is 12.8. The second-order valence-electron chi connectivity index (χ2n) is 7.82. The number of anilines is 1. The number of thiocarbonyl (C=S) groups is 1. The molecule has 0 bridgehead atoms. The Balaban J connectivity index is 2.19. The number of carbonyl (C=O) groups is 1. The number of hydrogen-bond acceptors (Lipinski definition) is 4. The Kier molecular flexibility index (Phi) is 11.0. The van der Waals surface area contributed by atoms with Crippen LogP contribution in [0.5, 0.6) is 0 Å². The summed E-state index contributed by atoms with van der Waals surface area (Å²) in [5.74, 6) is -0.208. The summed E-state index contributed by atoms with van der Waals surface area (Å²) in [6.45, 7) is 8.66. The van der Waals surface area contributed by atoms with Crippen molar-refractivity contribution in [3.05, 3.63) is 16.0 Å². The third-order valence-electron chi connectivity index (χ3n) is 5.47. The van der Waals surface area contributed by atoms with E-state index in [2.05, 4.69) is 24.1 Å². The van der Waals surface area contributed by atoms with Gasteiger partial charge in [-0.2, -0.15) is 0 Å². The number of nitrogens with one attached hydrogen (secondary N) is 1. The van der Waals surface area contributed by atoms with Crippen LogP contribution >= 0.6 is 23.6 Å². The SMILES string of the molecule is CCCCCN(CCCCC)C(=S)Nc1sc2c(c1C(=O)OCC)CCCCC2. The lowest BCUT2D eigenvalue weighted by Crippen LogP contribution is -2.36. The van der Waals surface area contributed by atoms with Gasteiger partial charge in [0.15, 0.2) is 5.11 Å². The molecule has 164 valence electrons. The molecule has 6 heteroatoms. The number of fused-ring (bicyclic) bond motifs is 1. The smallest absolute Gasteiger partial charge is 0.341 e. The zero-order valence-electron chi connectivity index (χ0n) is 18.5. The number of aryl methyl sites for hydroxylation is 1. The fraction of sp³-hybridized carbons (Fsp3) is 0.739. The van der Waals surface area contributed by atoms with Gasteiger partial charge in [-0.05, 0) is 63.2 Å². The predicted molar refractivity (Wildman–Crippen MR) is 128 cm³/mol. The number of nitrogens with zero attached hydrogens (tertiary/aromatic N) is 1. The Morgan fingerprint density at radius 1 is 1.03 bits per heavy atom. The van der Waals surface area contributed by atoms with E-state index in [1.54, 1.807) is 11.3 Å². The summed E-state index contributed by atoms with van der Waals surface area (Å²) in [5.41, 5.74) is 1.93. The second-order valence-corrected chi connectivity index (χ2v) is 9.31. The minimum absolute atomic E-state index is 0.208. The number of rotatable bonds is 11. The molecule has 0 saturated carbocycles. The van der Waals surface area contributed by atoms with Gasteiger partial charge in [0.05, 0.1) is 12.2 Å². The lowest BCUT2D eigenvalue weighted by atomic mass is 10.1. The molecule has 1 aliphatic carbocycles. The van der Waals surface area contributed by atoms with E-state index in [-0.39, 0.29) is 5.97 Å². The van der Waals surface area contributed by atoms with E-state index < -0.39 is 0 Å². The first-order valence-corrected chi connectivity index (χ1v) is 12.7. The van der Waals surface area contributed by atoms with Crippen molar-refractivity contribution in [3.63, 3.8) is 0 Å². The molecule has 0 atom stereocenters. The Hall–Kier alpha value is -1.14. The molecule has 29 heavy (non-hydrogen) atoms. The maximum absolute atomic E-state index is 12.8. The highest BCUT2D eigenvalue weighted by Gasteiger charge is 2.26. The number of hydrogen-bond donors (Lipinski definition) is 1. The summed E-state index contributed by atoms with van der Waals surface area (Å²) in [6.07, 6.45) is 12.7. The lowest BCUT2D eigenvalue weighted by Gasteiger charge is -2.26. The van der Waals surface area contributed by atoms with Gasteiger partial charge in [-0.1, -0.05) is 46.0 Å². The van der Waals surface area contributed by atoms with Gasteiger partial charge in [-0.3, -0.25) is 0 Å². The van der Waals surface area contributed by atoms with E-state index in [1.165, 1.54) is 49.0 Å². The normalized spacial score (nSPS) is 13.5. The first kappa shape index (κ1) is 24.1. The molecule has 0 unspecified atom stereocenters. The van der Waals surface area contributed by atoms with Crippen LogP contribution in [-0.2, 0) is 17.6 Å². The van der Waals surface area contributed by atoms with Crippen molar-refractivity contribution < 1.29 is 9.53 Å². The average Bonchev–Trinajstić information content (AvgIpc) is 2.87. The maximum Gasteiger partial charge on any atom is 0.341 e. The molecule has 1 aliphatic rings. The van der Waals surface area contributed by atoms with Gasteiger partial charge >= 0.3 is 5.97 Å². The van der Waals surface area contributed by atoms with Crippen molar-refractivity contribution >= 4 is 39.6 Å². The zero-order chi connectivity index (χ0) is 21.1. The predicted octanol–water partition coefficient (Wildman–Crippen LogP) is 6.57. The minimum atomic E-state index is -0.208. The highest BCUT2D eigenvalue weighted by atomic mass is 32.1. The average molecular weight is 439 g/mol. The molecule has 1 heterocycles. The first-order chi connectivity index (χ1) is 14.1. The number of carbonyl (C=O) groups excluding carboxylic acids is 1. The van der Waals surface area contributed by atoms with Gasteiger partial charge in [0, 0.05) is 18.0 Å². The first-order valence-electron chi connectivity index (χ1n) is 11.5. The van der Waals surface area contributed by atoms with E-state index >= 15 is 0 Å². The molecule has 1 N–H and O–H groups in total. The van der Waals surface area contributed by atoms with Gasteiger partial charge in [-0.15, -0.1) is 11.3 Å². The Morgan fingerprint density at radius 2 is 1.69 bits per heavy atom. The van der Waals surface area contributed by atoms with Crippen molar-refractivity contribution in [2.45, 2.75) is 91.4 Å². The molecular formula is C23H38N2O2S2. The number of ether oxygens (including phenoxy) is 1. The Morgan fingerprint density at radius 3 is 2.31 bits per heavy atom. The third kappa shape index (κ3) is 7.25. The molecule has 2 rings (SSSR count). The zero-order valence-corrected chi connectivity index (χ0v) is 20.1. The van der Waals surface area contributed by atoms with E-state index in [0.29, 0.717) is 6.61 Å². The Labute approximate surface area is 186 Å². The summed E-state index contributed by atoms with van der Waals surface area (Å²) < 4.78 is 5.41. The van der Waals surface area contributed by atoms with E-state index in [9.17, 15) is 4.79 Å². The summed E-state index contributed by atoms with van der Waals surface area (Å²) in [4.78, 5) is 16.4. The van der Waals surface area contributed by atoms with E-state index in [1.807, 2.05) is 6.92 Å². The molecule has 1 aromatic heterocycles. The molecule has 0 saturated heterocycles. The molecular weight excluding hydrogens is 400 g/mol. The third-order valence-corrected chi connectivity index (χ3v) is 7.04. The topological polar surface area (TPSA) is 41.6 Å². The van der Waals surface area contributed by atoms with Crippen LogP contribution in [0.25, 0.3) is 0 Å². The summed E-state index contributed by atoms with van der Waals surface area (Å²) in [7, 11) is 0. The molecule has 0 radical (unpaired) electrons. The second kappa shape index (κ2) is 13.2. The van der Waals surface area contributed by atoms with Crippen molar-refractivity contribution in [1.29, 1.82) is 0 Å². The van der Waals surface area contributed by atoms with Crippen molar-refractivity contribution in [3.8, 4) is 0 Å². The number of thiophene rings is 1. The number of esters is 1. The fourth-order valence-electron chi connectivity index (χ4n) is 3.85. The highest BCUT2D eigenvalue weighted by Crippen LogP contribution is 2.38. The van der Waals surface area contributed by atoms with E-state index in [0.717, 1.165) is 60.9 Å². The Bertz CT molecular complexity index is 648. The van der Waals surface area contributed by atoms with Gasteiger partial charge in [0.25, 0.3) is 0 Å². The van der Waals surface area contributed by atoms with Gasteiger partial charge < -0.3 is 15.0 Å². The summed E-state index contributed by atoms with van der Waals surface area (Å²) >= 11 is 7.51. The molecule has 0 aromatic carbocycles. The van der Waals surface area contributed by atoms with Gasteiger partial charge in [0.1, 0.15) is 5.00 Å². The van der Waals surface area contributed by atoms with E-state index in [4.69, 9.17) is 17.0 Å². The summed E-state index contributed by atoms with van der Waals surface area (Å²) in [6, 6.07) is 0. The molecule has 4 nitrogen and oxygen atoms in total. The van der Waals surface area contributed by atoms with Crippen LogP contribution in [0.4, 0.5) is 5.00 Å². The molecule has 0 spiro atoms. The van der Waals surface area contributed by atoms with Crippen LogP contribution in [0.1, 0.15) is 99.4 Å². The van der Waals surface area contributed by atoms with Crippen LogP contribution in [-0.4, -0.2) is 35.7 Å². The molecule has 0 aliphatic heterocycles. The van der Waals surface area contributed by atoms with Crippen molar-refractivity contribution in [1.82, 2.24) is 4.90 Å². The monoisotopic (exact) mass is 438 g/mol. The van der Waals surface area contributed by atoms with Crippen LogP contribution in [0, 0.1) is 0 Å². The largest absolute Gasteiger partial charge is 0.462 e. The molecule has 0 fully saturated rings. The standard InChI is InChI=1S/C23H38N2O2S2/c1-4-7-12-16-25(17-13-8-5-2)23(28)24-21-20(22(26)27-6-3)18-14-10-9-11-15-19(18)29-21/h4-17H2,1-3H3,(H,24,28). The van der Waals surface area contributed by atoms with Crippen LogP contribution in [0.15, 0.2) is 0 Å². The molecule has 0 amide bonds. The van der Waals surface area contributed by atoms with Gasteiger partial charge in [-0.25, -0.2) is 4.79 Å². The highest BCUT2D eigenvalue weighted by molar-refractivity contribution is 7.80. The molecule has 1 aromatic rings. The van der Waals surface area contributed by atoms with Gasteiger partial charge in [0.2, 0.25) is 0 Å². The number of unbranched alkanes of at least 4 members (excludes halogenated alkanes) is 4. The van der Waals surface area contributed by atoms with Crippen LogP contribution in [0.3, 0.4) is 0 Å². The van der Waals surface area contributed by atoms with Crippen LogP contribution in [0.2, 0.25) is 0 Å². The quantitative estimate of drug-likeness (QED) is 0.183. The van der Waals surface area contributed by atoms with Crippen LogP contribution < -0.4 is 5.32 Å². The summed E-state index contributed by atoms with van der Waals surface area (Å²) in [5, 5.41) is 5.09. The van der Waals surface area contributed by atoms with Crippen molar-refractivity contribution in [2.75, 3.05) is 25.0 Å². The minimum Gasteiger partial charge on any atom is -0.462 e. The fourth-order valence-corrected chi connectivity index (χ4v) is 5.47. The lowest BCUT2D eigenvalue weighted by molar-refractivity contribution is 0.0527. The van der Waals surface area contributed by atoms with Crippen molar-refractivity contribution in [2.24, 2.45) is 0 Å².